The minimum Gasteiger partial charge on any atom is -0.365 e. The Morgan fingerprint density at radius 2 is 2.36 bits per heavy atom. The molecule has 0 aliphatic carbocycles. The number of hydrogen-bond donors (Lipinski definition) is 2. The van der Waals surface area contributed by atoms with E-state index in [0.29, 0.717) is 6.54 Å². The van der Waals surface area contributed by atoms with Crippen LogP contribution in [0.3, 0.4) is 0 Å². The Morgan fingerprint density at radius 1 is 1.64 bits per heavy atom. The van der Waals surface area contributed by atoms with E-state index in [9.17, 15) is 4.79 Å². The summed E-state index contributed by atoms with van der Waals surface area (Å²) in [4.78, 5) is 11.6. The molecule has 1 aliphatic rings. The number of carbonyl (C=O) groups is 1. The van der Waals surface area contributed by atoms with Crippen LogP contribution in [0.15, 0.2) is 0 Å². The lowest BCUT2D eigenvalue weighted by atomic mass is 10.1. The third-order valence-electron chi connectivity index (χ3n) is 2.60. The molecule has 1 saturated heterocycles. The van der Waals surface area contributed by atoms with Gasteiger partial charge in [0.25, 0.3) is 0 Å². The van der Waals surface area contributed by atoms with Gasteiger partial charge in [0.15, 0.2) is 0 Å². The summed E-state index contributed by atoms with van der Waals surface area (Å²) in [6, 6.07) is 0.0341. The molecule has 0 radical (unpaired) electrons. The zero-order valence-electron chi connectivity index (χ0n) is 8.95. The van der Waals surface area contributed by atoms with Crippen molar-refractivity contribution in [2.75, 3.05) is 6.54 Å². The van der Waals surface area contributed by atoms with Gasteiger partial charge in [-0.05, 0) is 26.2 Å². The van der Waals surface area contributed by atoms with Crippen molar-refractivity contribution in [2.24, 2.45) is 5.73 Å². The molecule has 1 heterocycles. The van der Waals surface area contributed by atoms with Crippen molar-refractivity contribution >= 4 is 5.91 Å². The van der Waals surface area contributed by atoms with Gasteiger partial charge in [-0.15, -0.1) is 0 Å². The van der Waals surface area contributed by atoms with Crippen LogP contribution in [0.25, 0.3) is 0 Å². The average Bonchev–Trinajstić information content (AvgIpc) is 2.65. The minimum absolute atomic E-state index is 0.0149. The van der Waals surface area contributed by atoms with Crippen LogP contribution in [0.5, 0.6) is 0 Å². The van der Waals surface area contributed by atoms with Crippen molar-refractivity contribution in [2.45, 2.75) is 51.4 Å². The van der Waals surface area contributed by atoms with Gasteiger partial charge in [-0.2, -0.15) is 0 Å². The van der Waals surface area contributed by atoms with Crippen molar-refractivity contribution in [3.05, 3.63) is 0 Å². The molecule has 82 valence electrons. The van der Waals surface area contributed by atoms with E-state index < -0.39 is 0 Å². The van der Waals surface area contributed by atoms with Crippen LogP contribution in [0, 0.1) is 0 Å². The summed E-state index contributed by atoms with van der Waals surface area (Å²) in [5.41, 5.74) is 5.42. The third-order valence-corrected chi connectivity index (χ3v) is 2.60. The van der Waals surface area contributed by atoms with E-state index in [1.807, 2.05) is 6.92 Å². The molecule has 3 N–H and O–H groups in total. The molecule has 0 spiro atoms. The summed E-state index contributed by atoms with van der Waals surface area (Å²) in [6.07, 6.45) is 2.82. The van der Waals surface area contributed by atoms with Crippen molar-refractivity contribution in [3.8, 4) is 0 Å². The fourth-order valence-corrected chi connectivity index (χ4v) is 1.59. The zero-order valence-corrected chi connectivity index (χ0v) is 8.95. The Labute approximate surface area is 85.2 Å². The quantitative estimate of drug-likeness (QED) is 0.690. The van der Waals surface area contributed by atoms with Crippen molar-refractivity contribution in [3.63, 3.8) is 0 Å². The lowest BCUT2D eigenvalue weighted by molar-refractivity contribution is -0.132. The summed E-state index contributed by atoms with van der Waals surface area (Å²) in [5, 5.41) is 2.83. The van der Waals surface area contributed by atoms with Gasteiger partial charge in [0.2, 0.25) is 5.91 Å². The molecule has 0 saturated carbocycles. The first-order chi connectivity index (χ1) is 6.67. The van der Waals surface area contributed by atoms with Crippen LogP contribution in [0.2, 0.25) is 0 Å². The first kappa shape index (κ1) is 11.5. The predicted molar refractivity (Wildman–Crippen MR) is 54.8 cm³/mol. The van der Waals surface area contributed by atoms with Gasteiger partial charge in [0.1, 0.15) is 6.10 Å². The van der Waals surface area contributed by atoms with Gasteiger partial charge in [0.05, 0.1) is 6.10 Å². The Kier molecular flexibility index (Phi) is 4.35. The fourth-order valence-electron chi connectivity index (χ4n) is 1.59. The second-order valence-electron chi connectivity index (χ2n) is 3.88. The van der Waals surface area contributed by atoms with Crippen molar-refractivity contribution in [1.82, 2.24) is 5.32 Å². The standard InChI is InChI=1S/C10H20N2O2/c1-3-8-4-5-9(14-8)10(13)12-7(2)6-11/h7-9H,3-6,11H2,1-2H3,(H,12,13)/t7-,8?,9?/m0/s1. The Hall–Kier alpha value is -0.610. The molecule has 0 aromatic rings. The highest BCUT2D eigenvalue weighted by atomic mass is 16.5. The highest BCUT2D eigenvalue weighted by Crippen LogP contribution is 2.21. The lowest BCUT2D eigenvalue weighted by Gasteiger charge is -2.16. The van der Waals surface area contributed by atoms with Gasteiger partial charge in [-0.3, -0.25) is 4.79 Å². The normalized spacial score (nSPS) is 28.8. The van der Waals surface area contributed by atoms with E-state index >= 15 is 0 Å². The van der Waals surface area contributed by atoms with Crippen LogP contribution in [-0.4, -0.2) is 30.7 Å². The van der Waals surface area contributed by atoms with Crippen LogP contribution in [0.4, 0.5) is 0 Å². The minimum atomic E-state index is -0.256. The maximum atomic E-state index is 11.6. The Balaban J connectivity index is 2.32. The molecule has 14 heavy (non-hydrogen) atoms. The summed E-state index contributed by atoms with van der Waals surface area (Å²) >= 11 is 0. The van der Waals surface area contributed by atoms with Gasteiger partial charge in [-0.25, -0.2) is 0 Å². The molecule has 0 aromatic heterocycles. The SMILES string of the molecule is CCC1CCC(C(=O)N[C@@H](C)CN)O1. The lowest BCUT2D eigenvalue weighted by Crippen LogP contribution is -2.43. The molecule has 4 nitrogen and oxygen atoms in total. The Morgan fingerprint density at radius 3 is 2.86 bits per heavy atom. The zero-order chi connectivity index (χ0) is 10.6. The number of rotatable bonds is 4. The molecule has 1 rings (SSSR count). The smallest absolute Gasteiger partial charge is 0.249 e. The number of amides is 1. The maximum absolute atomic E-state index is 11.6. The van der Waals surface area contributed by atoms with E-state index in [0.717, 1.165) is 19.3 Å². The highest BCUT2D eigenvalue weighted by molar-refractivity contribution is 5.81. The monoisotopic (exact) mass is 200 g/mol. The van der Waals surface area contributed by atoms with E-state index in [1.54, 1.807) is 0 Å². The predicted octanol–water partition coefficient (Wildman–Crippen LogP) is 0.407. The second kappa shape index (κ2) is 5.32. The van der Waals surface area contributed by atoms with E-state index in [4.69, 9.17) is 10.5 Å². The van der Waals surface area contributed by atoms with E-state index in [-0.39, 0.29) is 24.2 Å². The highest BCUT2D eigenvalue weighted by Gasteiger charge is 2.29. The number of ether oxygens (including phenoxy) is 1. The molecule has 1 amide bonds. The van der Waals surface area contributed by atoms with Gasteiger partial charge in [0, 0.05) is 12.6 Å². The number of hydrogen-bond acceptors (Lipinski definition) is 3. The van der Waals surface area contributed by atoms with Crippen LogP contribution < -0.4 is 11.1 Å². The average molecular weight is 200 g/mol. The molecule has 1 aliphatic heterocycles. The molecule has 1 fully saturated rings. The van der Waals surface area contributed by atoms with Crippen LogP contribution in [-0.2, 0) is 9.53 Å². The molecular weight excluding hydrogens is 180 g/mol. The van der Waals surface area contributed by atoms with Crippen LogP contribution >= 0.6 is 0 Å². The first-order valence-electron chi connectivity index (χ1n) is 5.33. The van der Waals surface area contributed by atoms with Crippen LogP contribution in [0.1, 0.15) is 33.1 Å². The number of carbonyl (C=O) groups excluding carboxylic acids is 1. The summed E-state index contributed by atoms with van der Waals surface area (Å²) < 4.78 is 5.56. The largest absolute Gasteiger partial charge is 0.365 e. The number of nitrogens with two attached hydrogens (primary N) is 1. The summed E-state index contributed by atoms with van der Waals surface area (Å²) in [6.45, 7) is 4.44. The van der Waals surface area contributed by atoms with E-state index in [1.165, 1.54) is 0 Å². The summed E-state index contributed by atoms with van der Waals surface area (Å²) in [5.74, 6) is -0.0149. The van der Waals surface area contributed by atoms with Gasteiger partial charge in [-0.1, -0.05) is 6.92 Å². The number of nitrogens with one attached hydrogen (secondary N) is 1. The molecule has 4 heteroatoms. The molecule has 3 atom stereocenters. The van der Waals surface area contributed by atoms with Gasteiger partial charge >= 0.3 is 0 Å². The maximum Gasteiger partial charge on any atom is 0.249 e. The van der Waals surface area contributed by atoms with Crippen molar-refractivity contribution < 1.29 is 9.53 Å². The van der Waals surface area contributed by atoms with E-state index in [2.05, 4.69) is 12.2 Å². The van der Waals surface area contributed by atoms with Gasteiger partial charge < -0.3 is 15.8 Å². The molecule has 0 aromatic carbocycles. The van der Waals surface area contributed by atoms with Crippen molar-refractivity contribution in [1.29, 1.82) is 0 Å². The topological polar surface area (TPSA) is 64.4 Å². The Bertz CT molecular complexity index is 197. The molecule has 2 unspecified atom stereocenters. The summed E-state index contributed by atoms with van der Waals surface area (Å²) in [7, 11) is 0. The second-order valence-corrected chi connectivity index (χ2v) is 3.88. The fraction of sp³-hybridized carbons (Fsp3) is 0.900. The first-order valence-corrected chi connectivity index (χ1v) is 5.33. The molecule has 0 bridgehead atoms. The third kappa shape index (κ3) is 2.96. The molecular formula is C10H20N2O2.